The quantitative estimate of drug-likeness (QED) is 0.474. The van der Waals surface area contributed by atoms with E-state index in [0.29, 0.717) is 11.1 Å². The third-order valence-corrected chi connectivity index (χ3v) is 6.95. The van der Waals surface area contributed by atoms with Crippen LogP contribution in [0.15, 0.2) is 29.2 Å². The summed E-state index contributed by atoms with van der Waals surface area (Å²) in [5, 5.41) is 11.3. The number of fused-ring (bicyclic) bond motifs is 1. The molecule has 5 rings (SSSR count). The molecule has 3 aromatic rings. The lowest BCUT2D eigenvalue weighted by atomic mass is 10.1. The van der Waals surface area contributed by atoms with Crippen LogP contribution < -0.4 is 15.6 Å². The van der Waals surface area contributed by atoms with Crippen LogP contribution in [-0.2, 0) is 4.79 Å². The van der Waals surface area contributed by atoms with Crippen LogP contribution in [0.1, 0.15) is 40.7 Å². The van der Waals surface area contributed by atoms with Crippen LogP contribution in [0.3, 0.4) is 0 Å². The van der Waals surface area contributed by atoms with Crippen molar-refractivity contribution in [1.29, 1.82) is 0 Å². The zero-order chi connectivity index (χ0) is 28.4. The van der Waals surface area contributed by atoms with Gasteiger partial charge in [-0.25, -0.2) is 13.8 Å². The van der Waals surface area contributed by atoms with Gasteiger partial charge in [-0.2, -0.15) is 13.2 Å². The van der Waals surface area contributed by atoms with Gasteiger partial charge in [0.2, 0.25) is 11.3 Å². The van der Waals surface area contributed by atoms with Crippen molar-refractivity contribution in [3.05, 3.63) is 62.9 Å². The van der Waals surface area contributed by atoms with E-state index in [-0.39, 0.29) is 37.1 Å². The summed E-state index contributed by atoms with van der Waals surface area (Å²) in [4.78, 5) is 43.9. The van der Waals surface area contributed by atoms with Gasteiger partial charge in [0.15, 0.2) is 17.3 Å². The Bertz CT molecular complexity index is 1560. The number of aryl methyl sites for hydroxylation is 2. The molecule has 2 fully saturated rings. The van der Waals surface area contributed by atoms with Crippen molar-refractivity contribution in [3.63, 3.8) is 0 Å². The van der Waals surface area contributed by atoms with Crippen LogP contribution in [0.4, 0.5) is 27.8 Å². The lowest BCUT2D eigenvalue weighted by molar-refractivity contribution is -0.158. The van der Waals surface area contributed by atoms with Crippen molar-refractivity contribution in [2.45, 2.75) is 51.4 Å². The van der Waals surface area contributed by atoms with Crippen molar-refractivity contribution >= 4 is 28.7 Å². The Hall–Kier alpha value is -3.87. The highest BCUT2D eigenvalue weighted by molar-refractivity contribution is 5.99. The van der Waals surface area contributed by atoms with Crippen molar-refractivity contribution in [3.8, 4) is 5.69 Å². The second-order valence-electron chi connectivity index (χ2n) is 9.99. The highest BCUT2D eigenvalue weighted by Crippen LogP contribution is 2.40. The van der Waals surface area contributed by atoms with E-state index in [1.54, 1.807) is 0 Å². The number of carbonyl (C=O) groups is 2. The number of pyridine rings is 2. The van der Waals surface area contributed by atoms with Gasteiger partial charge in [-0.3, -0.25) is 23.9 Å². The largest absolute Gasteiger partial charge is 0.408 e. The lowest BCUT2D eigenvalue weighted by Crippen LogP contribution is -2.48. The zero-order valence-electron chi connectivity index (χ0n) is 20.8. The van der Waals surface area contributed by atoms with Crippen molar-refractivity contribution in [2.75, 3.05) is 11.4 Å². The summed E-state index contributed by atoms with van der Waals surface area (Å²) in [5.74, 6) is -4.88. The normalized spacial score (nSPS) is 18.6. The van der Waals surface area contributed by atoms with Gasteiger partial charge in [-0.05, 0) is 61.9 Å². The van der Waals surface area contributed by atoms with E-state index in [1.807, 2.05) is 5.32 Å². The molecule has 2 amide bonds. The van der Waals surface area contributed by atoms with E-state index in [9.17, 15) is 37.1 Å². The molecule has 2 aliphatic rings. The number of aromatic nitrogens is 2. The molecule has 2 atom stereocenters. The van der Waals surface area contributed by atoms with Crippen LogP contribution in [-0.4, -0.2) is 51.3 Å². The maximum absolute atomic E-state index is 15.2. The van der Waals surface area contributed by atoms with Gasteiger partial charge in [0.1, 0.15) is 17.4 Å². The number of nitrogens with zero attached hydrogens (tertiary/aromatic N) is 3. The van der Waals surface area contributed by atoms with Crippen molar-refractivity contribution in [2.24, 2.45) is 5.92 Å². The van der Waals surface area contributed by atoms with Gasteiger partial charge in [0.25, 0.3) is 5.91 Å². The molecule has 1 aromatic carbocycles. The minimum atomic E-state index is -4.74. The molecule has 2 aromatic heterocycles. The molecule has 1 aliphatic carbocycles. The average molecular weight is 550 g/mol. The lowest BCUT2D eigenvalue weighted by Gasteiger charge is -2.23. The van der Waals surface area contributed by atoms with E-state index < -0.39 is 69.9 Å². The maximum Gasteiger partial charge on any atom is 0.408 e. The molecule has 1 saturated heterocycles. The van der Waals surface area contributed by atoms with Crippen molar-refractivity contribution in [1.82, 2.24) is 14.9 Å². The third-order valence-electron chi connectivity index (χ3n) is 6.95. The highest BCUT2D eigenvalue weighted by Gasteiger charge is 2.50. The predicted molar refractivity (Wildman–Crippen MR) is 130 cm³/mol. The number of rotatable bonds is 5. The highest BCUT2D eigenvalue weighted by atomic mass is 19.4. The number of anilines is 1. The Morgan fingerprint density at radius 3 is 2.31 bits per heavy atom. The van der Waals surface area contributed by atoms with Gasteiger partial charge in [-0.1, -0.05) is 0 Å². The summed E-state index contributed by atoms with van der Waals surface area (Å²) in [6.07, 6.45) is -4.54. The molecule has 1 aliphatic heterocycles. The maximum atomic E-state index is 15.2. The van der Waals surface area contributed by atoms with Crippen LogP contribution in [0.2, 0.25) is 0 Å². The van der Waals surface area contributed by atoms with Crippen molar-refractivity contribution < 1.29 is 36.6 Å². The van der Waals surface area contributed by atoms with E-state index in [4.69, 9.17) is 0 Å². The first-order valence-corrected chi connectivity index (χ1v) is 12.1. The summed E-state index contributed by atoms with van der Waals surface area (Å²) < 4.78 is 71.3. The molecular weight excluding hydrogens is 527 g/mol. The fraction of sp³-hybridized carbons (Fsp3) is 0.385. The fourth-order valence-electron chi connectivity index (χ4n) is 5.03. The summed E-state index contributed by atoms with van der Waals surface area (Å²) in [6.45, 7) is 2.83. The molecule has 3 heterocycles. The number of nitrogens with one attached hydrogen (secondary N) is 1. The van der Waals surface area contributed by atoms with E-state index >= 15 is 4.39 Å². The van der Waals surface area contributed by atoms with Crippen LogP contribution >= 0.6 is 0 Å². The number of carbonyl (C=O) groups excluding carboxylic acids is 2. The van der Waals surface area contributed by atoms with Gasteiger partial charge >= 0.3 is 6.18 Å². The number of aliphatic hydroxyl groups is 1. The second kappa shape index (κ2) is 9.40. The first-order chi connectivity index (χ1) is 18.3. The number of aliphatic hydroxyl groups excluding tert-OH is 1. The smallest absolute Gasteiger partial charge is 0.391 e. The summed E-state index contributed by atoms with van der Waals surface area (Å²) in [7, 11) is 0. The van der Waals surface area contributed by atoms with Crippen LogP contribution in [0, 0.1) is 31.4 Å². The number of amides is 2. The van der Waals surface area contributed by atoms with E-state index in [0.717, 1.165) is 17.2 Å². The standard InChI is InChI=1S/C26H23F5N4O4/c1-11-5-14(27)6-12(2)20(11)35-10-17(25(39)32-22(13-3-4-13)26(29,30)31)21(38)16-8-18(28)24(33-23(16)35)34-9-15(36)7-19(34)37/h5-6,8,10,13,15,22,36H,3-4,7,9H2,1-2H3,(H,32,39). The fourth-order valence-corrected chi connectivity index (χ4v) is 5.03. The number of halogens is 5. The SMILES string of the molecule is Cc1cc(F)cc(C)c1-n1cc(C(=O)NC(C2CC2)C(F)(F)F)c(=O)c2cc(F)c(N3CC(O)CC3=O)nc21. The Morgan fingerprint density at radius 1 is 1.13 bits per heavy atom. The average Bonchev–Trinajstić information content (AvgIpc) is 3.60. The summed E-state index contributed by atoms with van der Waals surface area (Å²) in [6, 6.07) is 0.932. The Labute approximate surface area is 218 Å². The number of alkyl halides is 3. The van der Waals surface area contributed by atoms with E-state index in [2.05, 4.69) is 4.98 Å². The Morgan fingerprint density at radius 2 is 1.77 bits per heavy atom. The molecule has 2 unspecified atom stereocenters. The number of hydrogen-bond acceptors (Lipinski definition) is 5. The molecule has 13 heteroatoms. The second-order valence-corrected chi connectivity index (χ2v) is 9.99. The van der Waals surface area contributed by atoms with Gasteiger partial charge < -0.3 is 10.4 Å². The predicted octanol–water partition coefficient (Wildman–Crippen LogP) is 3.45. The molecule has 2 N–H and O–H groups in total. The third kappa shape index (κ3) is 4.86. The zero-order valence-corrected chi connectivity index (χ0v) is 20.8. The minimum absolute atomic E-state index is 0.213. The number of hydrogen-bond donors (Lipinski definition) is 2. The van der Waals surface area contributed by atoms with Crippen LogP contribution in [0.5, 0.6) is 0 Å². The molecule has 0 bridgehead atoms. The first kappa shape index (κ1) is 26.7. The minimum Gasteiger partial charge on any atom is -0.391 e. The molecule has 0 spiro atoms. The number of benzene rings is 1. The van der Waals surface area contributed by atoms with Gasteiger partial charge in [-0.15, -0.1) is 0 Å². The number of β-amino-alcohol motifs (C(OH)–C–C–N with tert-alkyl or cyclic N) is 1. The Balaban J connectivity index is 1.74. The first-order valence-electron chi connectivity index (χ1n) is 12.1. The monoisotopic (exact) mass is 550 g/mol. The molecule has 1 saturated carbocycles. The molecular formula is C26H23F5N4O4. The topological polar surface area (TPSA) is 105 Å². The molecule has 0 radical (unpaired) electrons. The summed E-state index contributed by atoms with van der Waals surface area (Å²) in [5.41, 5.74) is -1.07. The molecule has 39 heavy (non-hydrogen) atoms. The van der Waals surface area contributed by atoms with Crippen LogP contribution in [0.25, 0.3) is 16.7 Å². The summed E-state index contributed by atoms with van der Waals surface area (Å²) >= 11 is 0. The molecule has 8 nitrogen and oxygen atoms in total. The molecule has 206 valence electrons. The van der Waals surface area contributed by atoms with E-state index in [1.165, 1.54) is 30.5 Å². The van der Waals surface area contributed by atoms with Gasteiger partial charge in [0.05, 0.1) is 30.1 Å². The van der Waals surface area contributed by atoms with Gasteiger partial charge in [0, 0.05) is 6.20 Å². The Kier molecular flexibility index (Phi) is 6.44.